The molecule has 0 bridgehead atoms. The van der Waals surface area contributed by atoms with Gasteiger partial charge in [-0.1, -0.05) is 41.9 Å². The van der Waals surface area contributed by atoms with E-state index in [-0.39, 0.29) is 17.7 Å². The van der Waals surface area contributed by atoms with Crippen LogP contribution in [0.4, 0.5) is 4.79 Å². The molecule has 4 rings (SSSR count). The fourth-order valence-electron chi connectivity index (χ4n) is 3.65. The number of nitriles is 1. The molecular weight excluding hydrogens is 430 g/mol. The highest BCUT2D eigenvalue weighted by Crippen LogP contribution is 2.35. The number of hydrogen-bond donors (Lipinski definition) is 0. The van der Waals surface area contributed by atoms with Crippen molar-refractivity contribution in [2.24, 2.45) is 0 Å². The summed E-state index contributed by atoms with van der Waals surface area (Å²) in [5.74, 6) is -0.356. The van der Waals surface area contributed by atoms with Crippen LogP contribution in [-0.4, -0.2) is 20.6 Å². The number of para-hydroxylation sites is 1. The zero-order valence-electron chi connectivity index (χ0n) is 16.9. The molecule has 2 heterocycles. The molecule has 31 heavy (non-hydrogen) atoms. The number of hydrogen-bond acceptors (Lipinski definition) is 4. The number of amides is 2. The lowest BCUT2D eigenvalue weighted by Crippen LogP contribution is -2.27. The van der Waals surface area contributed by atoms with Crippen LogP contribution < -0.4 is 0 Å². The summed E-state index contributed by atoms with van der Waals surface area (Å²) in [6.45, 7) is 4.00. The van der Waals surface area contributed by atoms with Crippen molar-refractivity contribution in [2.45, 2.75) is 20.4 Å². The first-order valence-corrected chi connectivity index (χ1v) is 10.8. The Hall–Kier alpha value is -3.27. The number of aromatic nitrogens is 1. The molecule has 0 N–H and O–H groups in total. The third-order valence-corrected chi connectivity index (χ3v) is 6.42. The Kier molecular flexibility index (Phi) is 5.73. The summed E-state index contributed by atoms with van der Waals surface area (Å²) in [6.07, 6.45) is 1.75. The molecule has 0 aliphatic carbocycles. The minimum atomic E-state index is -0.356. The molecule has 2 aromatic carbocycles. The summed E-state index contributed by atoms with van der Waals surface area (Å²) in [5.41, 5.74) is 4.70. The number of halogens is 1. The van der Waals surface area contributed by atoms with Crippen LogP contribution in [-0.2, 0) is 11.3 Å². The minimum Gasteiger partial charge on any atom is -0.316 e. The van der Waals surface area contributed by atoms with Crippen molar-refractivity contribution < 1.29 is 9.59 Å². The van der Waals surface area contributed by atoms with Gasteiger partial charge >= 0.3 is 0 Å². The SMILES string of the molecule is Cc1cc(/C=C2/SC(=O)N(Cc3ccccc3C#N)C2=O)c(C)n1-c1ccccc1Cl. The number of benzene rings is 2. The molecule has 1 aliphatic rings. The average Bonchev–Trinajstić information content (AvgIpc) is 3.18. The maximum Gasteiger partial charge on any atom is 0.293 e. The predicted octanol–water partition coefficient (Wildman–Crippen LogP) is 5.86. The molecule has 1 fully saturated rings. The second-order valence-electron chi connectivity index (χ2n) is 7.15. The van der Waals surface area contributed by atoms with E-state index in [4.69, 9.17) is 11.6 Å². The van der Waals surface area contributed by atoms with Crippen molar-refractivity contribution in [2.75, 3.05) is 0 Å². The topological polar surface area (TPSA) is 66.1 Å². The van der Waals surface area contributed by atoms with Gasteiger partial charge in [0.05, 0.1) is 33.8 Å². The first-order chi connectivity index (χ1) is 14.9. The zero-order valence-corrected chi connectivity index (χ0v) is 18.5. The molecule has 0 spiro atoms. The minimum absolute atomic E-state index is 0.0738. The van der Waals surface area contributed by atoms with Gasteiger partial charge in [-0.05, 0) is 67.1 Å². The van der Waals surface area contributed by atoms with Gasteiger partial charge < -0.3 is 4.57 Å². The molecule has 0 radical (unpaired) electrons. The molecule has 0 saturated carbocycles. The summed E-state index contributed by atoms with van der Waals surface area (Å²) in [6, 6.07) is 18.6. The number of thioether (sulfide) groups is 1. The van der Waals surface area contributed by atoms with Gasteiger partial charge in [0.15, 0.2) is 0 Å². The number of imide groups is 1. The maximum absolute atomic E-state index is 13.0. The summed E-state index contributed by atoms with van der Waals surface area (Å²) >= 11 is 7.29. The largest absolute Gasteiger partial charge is 0.316 e. The number of nitrogens with zero attached hydrogens (tertiary/aromatic N) is 3. The molecule has 5 nitrogen and oxygen atoms in total. The standard InChI is InChI=1S/C24H18ClN3O2S/c1-15-11-19(16(2)28(15)21-10-6-5-9-20(21)25)12-22-23(29)27(24(30)31-22)14-18-8-4-3-7-17(18)13-26/h3-12H,14H2,1-2H3/b22-12+. The predicted molar refractivity (Wildman–Crippen MR) is 123 cm³/mol. The molecule has 7 heteroatoms. The third kappa shape index (κ3) is 3.90. The van der Waals surface area contributed by atoms with Gasteiger partial charge in [-0.3, -0.25) is 14.5 Å². The molecular formula is C24H18ClN3O2S. The highest BCUT2D eigenvalue weighted by molar-refractivity contribution is 8.18. The monoisotopic (exact) mass is 447 g/mol. The Labute approximate surface area is 189 Å². The van der Waals surface area contributed by atoms with Crippen molar-refractivity contribution in [3.05, 3.63) is 92.6 Å². The van der Waals surface area contributed by atoms with E-state index < -0.39 is 0 Å². The van der Waals surface area contributed by atoms with E-state index >= 15 is 0 Å². The Morgan fingerprint density at radius 2 is 1.81 bits per heavy atom. The fraction of sp³-hybridized carbons (Fsp3) is 0.125. The first-order valence-electron chi connectivity index (χ1n) is 9.58. The lowest BCUT2D eigenvalue weighted by molar-refractivity contribution is -0.123. The lowest BCUT2D eigenvalue weighted by Gasteiger charge is -2.13. The summed E-state index contributed by atoms with van der Waals surface area (Å²) in [5, 5.41) is 9.56. The van der Waals surface area contributed by atoms with Gasteiger partial charge in [0.25, 0.3) is 11.1 Å². The van der Waals surface area contributed by atoms with E-state index in [1.165, 1.54) is 4.90 Å². The molecule has 1 saturated heterocycles. The summed E-state index contributed by atoms with van der Waals surface area (Å²) in [7, 11) is 0. The average molecular weight is 448 g/mol. The normalized spacial score (nSPS) is 15.0. The van der Waals surface area contributed by atoms with Crippen LogP contribution in [0.1, 0.15) is 28.1 Å². The van der Waals surface area contributed by atoms with Crippen LogP contribution >= 0.6 is 23.4 Å². The summed E-state index contributed by atoms with van der Waals surface area (Å²) < 4.78 is 2.03. The third-order valence-electron chi connectivity index (χ3n) is 5.19. The van der Waals surface area contributed by atoms with Gasteiger partial charge in [-0.15, -0.1) is 0 Å². The van der Waals surface area contributed by atoms with Crippen LogP contribution in [0.5, 0.6) is 0 Å². The smallest absolute Gasteiger partial charge is 0.293 e. The van der Waals surface area contributed by atoms with Crippen LogP contribution in [0.3, 0.4) is 0 Å². The molecule has 154 valence electrons. The highest BCUT2D eigenvalue weighted by Gasteiger charge is 2.35. The van der Waals surface area contributed by atoms with Crippen LogP contribution in [0.15, 0.2) is 59.5 Å². The van der Waals surface area contributed by atoms with Crippen molar-refractivity contribution in [3.63, 3.8) is 0 Å². The highest BCUT2D eigenvalue weighted by atomic mass is 35.5. The van der Waals surface area contributed by atoms with E-state index in [2.05, 4.69) is 6.07 Å². The van der Waals surface area contributed by atoms with Gasteiger partial charge in [-0.2, -0.15) is 5.26 Å². The molecule has 0 unspecified atom stereocenters. The molecule has 1 aromatic heterocycles. The van der Waals surface area contributed by atoms with E-state index in [1.54, 1.807) is 30.3 Å². The molecule has 0 atom stereocenters. The number of carbonyl (C=O) groups excluding carboxylic acids is 2. The van der Waals surface area contributed by atoms with Gasteiger partial charge in [0.1, 0.15) is 0 Å². The van der Waals surface area contributed by atoms with E-state index in [1.807, 2.05) is 48.7 Å². The fourth-order valence-corrected chi connectivity index (χ4v) is 4.70. The number of carbonyl (C=O) groups is 2. The van der Waals surface area contributed by atoms with E-state index in [0.717, 1.165) is 34.4 Å². The number of rotatable bonds is 4. The Balaban J connectivity index is 1.66. The molecule has 3 aromatic rings. The van der Waals surface area contributed by atoms with E-state index in [9.17, 15) is 14.9 Å². The van der Waals surface area contributed by atoms with Gasteiger partial charge in [0.2, 0.25) is 0 Å². The second kappa shape index (κ2) is 8.46. The maximum atomic E-state index is 13.0. The van der Waals surface area contributed by atoms with Crippen LogP contribution in [0, 0.1) is 25.2 Å². The van der Waals surface area contributed by atoms with E-state index in [0.29, 0.717) is 21.1 Å². The zero-order chi connectivity index (χ0) is 22.1. The first kappa shape index (κ1) is 21.0. The Morgan fingerprint density at radius 3 is 2.55 bits per heavy atom. The second-order valence-corrected chi connectivity index (χ2v) is 8.55. The van der Waals surface area contributed by atoms with Crippen molar-refractivity contribution >= 4 is 40.6 Å². The molecule has 1 aliphatic heterocycles. The number of aryl methyl sites for hydroxylation is 1. The van der Waals surface area contributed by atoms with Crippen LogP contribution in [0.2, 0.25) is 5.02 Å². The van der Waals surface area contributed by atoms with Crippen LogP contribution in [0.25, 0.3) is 11.8 Å². The van der Waals surface area contributed by atoms with Gasteiger partial charge in [-0.25, -0.2) is 0 Å². The lowest BCUT2D eigenvalue weighted by atomic mass is 10.1. The molecule has 2 amide bonds. The Bertz CT molecular complexity index is 1290. The quantitative estimate of drug-likeness (QED) is 0.470. The van der Waals surface area contributed by atoms with Crippen molar-refractivity contribution in [1.82, 2.24) is 9.47 Å². The Morgan fingerprint density at radius 1 is 1.10 bits per heavy atom. The van der Waals surface area contributed by atoms with Gasteiger partial charge in [0, 0.05) is 11.4 Å². The van der Waals surface area contributed by atoms with Crippen molar-refractivity contribution in [3.8, 4) is 11.8 Å². The summed E-state index contributed by atoms with van der Waals surface area (Å²) in [4.78, 5) is 27.0. The van der Waals surface area contributed by atoms with Crippen molar-refractivity contribution in [1.29, 1.82) is 5.26 Å².